The molecule has 1 N–H and O–H groups in total. The average molecular weight is 316 g/mol. The molecular formula is C17H16O6. The maximum atomic E-state index is 11.6. The van der Waals surface area contributed by atoms with E-state index in [1.165, 1.54) is 12.3 Å². The average Bonchev–Trinajstić information content (AvgIpc) is 3.03. The van der Waals surface area contributed by atoms with E-state index in [0.29, 0.717) is 22.5 Å². The van der Waals surface area contributed by atoms with E-state index in [2.05, 4.69) is 0 Å². The molecule has 2 aromatic heterocycles. The molecule has 0 bridgehead atoms. The predicted molar refractivity (Wildman–Crippen MR) is 85.1 cm³/mol. The van der Waals surface area contributed by atoms with Crippen LogP contribution in [0.5, 0.6) is 11.5 Å². The highest BCUT2D eigenvalue weighted by Gasteiger charge is 2.20. The van der Waals surface area contributed by atoms with E-state index in [4.69, 9.17) is 23.4 Å². The van der Waals surface area contributed by atoms with Crippen molar-refractivity contribution in [3.8, 4) is 11.5 Å². The van der Waals surface area contributed by atoms with Crippen LogP contribution in [-0.4, -0.2) is 25.4 Å². The van der Waals surface area contributed by atoms with Gasteiger partial charge in [-0.05, 0) is 30.7 Å². The lowest BCUT2D eigenvalue weighted by Crippen LogP contribution is -2.01. The van der Waals surface area contributed by atoms with Crippen molar-refractivity contribution >= 4 is 21.9 Å². The smallest absolute Gasteiger partial charge is 0.336 e. The second kappa shape index (κ2) is 6.18. The van der Waals surface area contributed by atoms with Crippen LogP contribution in [-0.2, 0) is 0 Å². The predicted octanol–water partition coefficient (Wildman–Crippen LogP) is 2.87. The summed E-state index contributed by atoms with van der Waals surface area (Å²) in [5, 5.41) is 10.4. The van der Waals surface area contributed by atoms with E-state index < -0.39 is 5.63 Å². The minimum Gasteiger partial charge on any atom is -0.495 e. The summed E-state index contributed by atoms with van der Waals surface area (Å²) in [7, 11) is 1.54. The summed E-state index contributed by atoms with van der Waals surface area (Å²) in [5.41, 5.74) is 1.00. The molecule has 120 valence electrons. The quantitative estimate of drug-likeness (QED) is 0.576. The first-order valence-electron chi connectivity index (χ1n) is 7.06. The molecule has 0 saturated heterocycles. The molecule has 6 heteroatoms. The van der Waals surface area contributed by atoms with Gasteiger partial charge < -0.3 is 23.4 Å². The van der Waals surface area contributed by atoms with Crippen LogP contribution in [0, 0.1) is 0 Å². The summed E-state index contributed by atoms with van der Waals surface area (Å²) < 4.78 is 22.0. The molecule has 0 radical (unpaired) electrons. The van der Waals surface area contributed by atoms with Crippen LogP contribution in [0.1, 0.15) is 6.92 Å². The van der Waals surface area contributed by atoms with Crippen LogP contribution in [0.4, 0.5) is 0 Å². The van der Waals surface area contributed by atoms with Crippen LogP contribution in [0.3, 0.4) is 0 Å². The summed E-state index contributed by atoms with van der Waals surface area (Å²) >= 11 is 0. The molecule has 1 aromatic carbocycles. The Morgan fingerprint density at radius 1 is 1.22 bits per heavy atom. The van der Waals surface area contributed by atoms with Crippen LogP contribution in [0.25, 0.3) is 21.9 Å². The van der Waals surface area contributed by atoms with E-state index in [1.807, 2.05) is 0 Å². The molecule has 0 unspecified atom stereocenters. The number of hydrogen-bond acceptors (Lipinski definition) is 6. The van der Waals surface area contributed by atoms with Gasteiger partial charge in [0, 0.05) is 6.07 Å². The highest BCUT2D eigenvalue weighted by Crippen LogP contribution is 2.42. The molecule has 23 heavy (non-hydrogen) atoms. The Labute approximate surface area is 131 Å². The number of methoxy groups -OCH3 is 1. The van der Waals surface area contributed by atoms with E-state index in [-0.39, 0.29) is 18.8 Å². The van der Waals surface area contributed by atoms with Gasteiger partial charge in [-0.3, -0.25) is 0 Å². The lowest BCUT2D eigenvalue weighted by atomic mass is 10.1. The lowest BCUT2D eigenvalue weighted by molar-refractivity contribution is 0.324. The number of furan rings is 1. The maximum absolute atomic E-state index is 11.6. The van der Waals surface area contributed by atoms with Crippen LogP contribution in [0.15, 0.2) is 49.7 Å². The normalized spacial score (nSPS) is 12.0. The molecular weight excluding hydrogens is 300 g/mol. The number of aliphatic hydroxyl groups is 1. The van der Waals surface area contributed by atoms with Crippen molar-refractivity contribution in [1.82, 2.24) is 0 Å². The van der Waals surface area contributed by atoms with Gasteiger partial charge in [0.2, 0.25) is 5.75 Å². The number of hydrogen-bond donors (Lipinski definition) is 1. The Kier molecular flexibility index (Phi) is 4.08. The molecule has 0 fully saturated rings. The summed E-state index contributed by atoms with van der Waals surface area (Å²) in [4.78, 5) is 11.6. The van der Waals surface area contributed by atoms with Gasteiger partial charge in [0.05, 0.1) is 30.8 Å². The zero-order valence-electron chi connectivity index (χ0n) is 12.8. The highest BCUT2D eigenvalue weighted by molar-refractivity contribution is 6.06. The summed E-state index contributed by atoms with van der Waals surface area (Å²) in [6.45, 7) is 1.96. The van der Waals surface area contributed by atoms with Gasteiger partial charge in [0.15, 0.2) is 11.2 Å². The molecule has 0 atom stereocenters. The summed E-state index contributed by atoms with van der Waals surface area (Å²) in [6.07, 6.45) is 3.26. The number of fused-ring (bicyclic) bond motifs is 2. The third kappa shape index (κ3) is 2.68. The first kappa shape index (κ1) is 15.2. The number of benzene rings is 1. The molecule has 0 spiro atoms. The second-order valence-corrected chi connectivity index (χ2v) is 5.04. The van der Waals surface area contributed by atoms with Gasteiger partial charge in [-0.25, -0.2) is 4.79 Å². The zero-order chi connectivity index (χ0) is 16.4. The third-order valence-electron chi connectivity index (χ3n) is 3.51. The van der Waals surface area contributed by atoms with Crippen molar-refractivity contribution in [2.75, 3.05) is 20.3 Å². The Morgan fingerprint density at radius 3 is 2.74 bits per heavy atom. The molecule has 3 rings (SSSR count). The number of rotatable bonds is 5. The molecule has 0 aliphatic carbocycles. The Morgan fingerprint density at radius 2 is 2.00 bits per heavy atom. The van der Waals surface area contributed by atoms with Crippen LogP contribution < -0.4 is 15.1 Å². The Balaban J connectivity index is 2.22. The molecule has 6 nitrogen and oxygen atoms in total. The second-order valence-electron chi connectivity index (χ2n) is 5.04. The van der Waals surface area contributed by atoms with E-state index in [0.717, 1.165) is 11.0 Å². The fourth-order valence-corrected chi connectivity index (χ4v) is 2.36. The van der Waals surface area contributed by atoms with Gasteiger partial charge in [0.1, 0.15) is 12.4 Å². The van der Waals surface area contributed by atoms with Crippen molar-refractivity contribution in [2.45, 2.75) is 6.92 Å². The Hall–Kier alpha value is -2.73. The first-order valence-corrected chi connectivity index (χ1v) is 7.06. The topological polar surface area (TPSA) is 82.0 Å². The van der Waals surface area contributed by atoms with E-state index in [9.17, 15) is 4.79 Å². The summed E-state index contributed by atoms with van der Waals surface area (Å²) in [5.74, 6) is 0.891. The number of ether oxygens (including phenoxy) is 2. The maximum Gasteiger partial charge on any atom is 0.336 e. The summed E-state index contributed by atoms with van der Waals surface area (Å²) in [6, 6.07) is 4.73. The fraction of sp³-hybridized carbons (Fsp3) is 0.235. The van der Waals surface area contributed by atoms with Crippen LogP contribution >= 0.6 is 0 Å². The highest BCUT2D eigenvalue weighted by atomic mass is 16.5. The van der Waals surface area contributed by atoms with Crippen molar-refractivity contribution in [1.29, 1.82) is 0 Å². The Bertz CT molecular complexity index is 931. The minimum absolute atomic E-state index is 0.0437. The van der Waals surface area contributed by atoms with Gasteiger partial charge in [-0.1, -0.05) is 0 Å². The van der Waals surface area contributed by atoms with Gasteiger partial charge >= 0.3 is 5.63 Å². The fourth-order valence-electron chi connectivity index (χ4n) is 2.36. The molecule has 0 aliphatic rings. The van der Waals surface area contributed by atoms with Gasteiger partial charge in [0.25, 0.3) is 0 Å². The van der Waals surface area contributed by atoms with Gasteiger partial charge in [-0.15, -0.1) is 0 Å². The SMILES string of the molecule is COc1c2ccoc2c(OC/C=C(/C)CO)c2oc(=O)ccc12. The zero-order valence-corrected chi connectivity index (χ0v) is 12.8. The van der Waals surface area contributed by atoms with Gasteiger partial charge in [-0.2, -0.15) is 0 Å². The first-order chi connectivity index (χ1) is 11.2. The molecule has 2 heterocycles. The molecule has 0 amide bonds. The standard InChI is InChI=1S/C17H16O6/c1-10(9-18)5-7-22-17-15-12(6-8-21-15)14(20-2)11-3-4-13(19)23-16(11)17/h3-6,8,18H,7,9H2,1-2H3/b10-5-. The van der Waals surface area contributed by atoms with Crippen molar-refractivity contribution in [2.24, 2.45) is 0 Å². The number of aliphatic hydroxyl groups excluding tert-OH is 1. The van der Waals surface area contributed by atoms with Crippen LogP contribution in [0.2, 0.25) is 0 Å². The molecule has 0 saturated carbocycles. The van der Waals surface area contributed by atoms with E-state index in [1.54, 1.807) is 32.2 Å². The molecule has 3 aromatic rings. The largest absolute Gasteiger partial charge is 0.495 e. The third-order valence-corrected chi connectivity index (χ3v) is 3.51. The minimum atomic E-state index is -0.489. The lowest BCUT2D eigenvalue weighted by Gasteiger charge is -2.11. The molecule has 0 aliphatic heterocycles. The van der Waals surface area contributed by atoms with Crippen molar-refractivity contribution in [3.05, 3.63) is 46.5 Å². The van der Waals surface area contributed by atoms with E-state index >= 15 is 0 Å². The van der Waals surface area contributed by atoms with Crippen molar-refractivity contribution in [3.63, 3.8) is 0 Å². The monoisotopic (exact) mass is 316 g/mol. The van der Waals surface area contributed by atoms with Crippen molar-refractivity contribution < 1.29 is 23.4 Å².